The second-order valence-electron chi connectivity index (χ2n) is 3.86. The lowest BCUT2D eigenvalue weighted by molar-refractivity contribution is 0.282. The van der Waals surface area contributed by atoms with Crippen LogP contribution in [0.15, 0.2) is 36.5 Å². The molecule has 5 heteroatoms. The summed E-state index contributed by atoms with van der Waals surface area (Å²) in [5.41, 5.74) is 1.45. The zero-order chi connectivity index (χ0) is 13.7. The maximum absolute atomic E-state index is 9.29. The Morgan fingerprint density at radius 3 is 2.74 bits per heavy atom. The van der Waals surface area contributed by atoms with Gasteiger partial charge in [-0.1, -0.05) is 6.07 Å². The summed E-state index contributed by atoms with van der Waals surface area (Å²) in [6.45, 7) is -0.0809. The number of aromatic nitrogens is 1. The van der Waals surface area contributed by atoms with Gasteiger partial charge in [-0.05, 0) is 18.2 Å². The molecule has 1 heterocycles. The van der Waals surface area contributed by atoms with E-state index in [4.69, 9.17) is 9.47 Å². The average molecular weight is 260 g/mol. The van der Waals surface area contributed by atoms with Crippen LogP contribution in [-0.2, 0) is 6.61 Å². The molecule has 1 aromatic heterocycles. The van der Waals surface area contributed by atoms with E-state index in [2.05, 4.69) is 10.3 Å². The fourth-order valence-corrected chi connectivity index (χ4v) is 1.72. The molecule has 19 heavy (non-hydrogen) atoms. The summed E-state index contributed by atoms with van der Waals surface area (Å²) >= 11 is 0. The Bertz CT molecular complexity index is 558. The first kappa shape index (κ1) is 13.2. The van der Waals surface area contributed by atoms with Crippen LogP contribution in [0, 0.1) is 0 Å². The van der Waals surface area contributed by atoms with Crippen LogP contribution in [0.25, 0.3) is 0 Å². The number of nitrogens with one attached hydrogen (secondary N) is 1. The molecule has 0 atom stereocenters. The predicted octanol–water partition coefficient (Wildman–Crippen LogP) is 2.33. The van der Waals surface area contributed by atoms with Gasteiger partial charge in [-0.3, -0.25) is 0 Å². The number of aliphatic hydroxyl groups is 1. The third-order valence-electron chi connectivity index (χ3n) is 2.72. The summed E-state index contributed by atoms with van der Waals surface area (Å²) in [6.07, 6.45) is 1.66. The van der Waals surface area contributed by atoms with Gasteiger partial charge in [0.1, 0.15) is 17.3 Å². The third kappa shape index (κ3) is 2.95. The first-order valence-electron chi connectivity index (χ1n) is 5.82. The summed E-state index contributed by atoms with van der Waals surface area (Å²) in [4.78, 5) is 4.21. The van der Waals surface area contributed by atoms with Gasteiger partial charge in [-0.25, -0.2) is 4.98 Å². The van der Waals surface area contributed by atoms with Crippen molar-refractivity contribution in [3.05, 3.63) is 42.1 Å². The van der Waals surface area contributed by atoms with Gasteiger partial charge in [0.2, 0.25) is 0 Å². The topological polar surface area (TPSA) is 63.6 Å². The van der Waals surface area contributed by atoms with E-state index < -0.39 is 0 Å². The summed E-state index contributed by atoms with van der Waals surface area (Å²) < 4.78 is 10.5. The van der Waals surface area contributed by atoms with E-state index in [0.717, 1.165) is 5.69 Å². The number of aliphatic hydroxyl groups excluding tert-OH is 1. The minimum atomic E-state index is -0.0809. The van der Waals surface area contributed by atoms with Crippen LogP contribution in [0.3, 0.4) is 0 Å². The van der Waals surface area contributed by atoms with Crippen molar-refractivity contribution < 1.29 is 14.6 Å². The summed E-state index contributed by atoms with van der Waals surface area (Å²) in [5.74, 6) is 1.98. The molecule has 0 fully saturated rings. The van der Waals surface area contributed by atoms with Crippen molar-refractivity contribution >= 4 is 11.5 Å². The minimum absolute atomic E-state index is 0.0809. The lowest BCUT2D eigenvalue weighted by atomic mass is 10.2. The van der Waals surface area contributed by atoms with Crippen LogP contribution in [0.5, 0.6) is 11.5 Å². The largest absolute Gasteiger partial charge is 0.497 e. The number of nitrogens with zero attached hydrogens (tertiary/aromatic N) is 1. The number of hydrogen-bond acceptors (Lipinski definition) is 5. The summed E-state index contributed by atoms with van der Waals surface area (Å²) in [7, 11) is 3.20. The van der Waals surface area contributed by atoms with Crippen molar-refractivity contribution in [2.75, 3.05) is 19.5 Å². The summed E-state index contributed by atoms with van der Waals surface area (Å²) in [6, 6.07) is 9.02. The standard InChI is InChI=1S/C14H16N2O3/c1-18-11-5-6-13(19-2)12(8-11)16-14-10(9-17)4-3-7-15-14/h3-8,17H,9H2,1-2H3,(H,15,16). The van der Waals surface area contributed by atoms with Crippen molar-refractivity contribution in [1.82, 2.24) is 4.98 Å². The van der Waals surface area contributed by atoms with E-state index in [-0.39, 0.29) is 6.61 Å². The van der Waals surface area contributed by atoms with Crippen LogP contribution in [-0.4, -0.2) is 24.3 Å². The van der Waals surface area contributed by atoms with Gasteiger partial charge in [-0.2, -0.15) is 0 Å². The zero-order valence-electron chi connectivity index (χ0n) is 10.9. The average Bonchev–Trinajstić information content (AvgIpc) is 2.47. The van der Waals surface area contributed by atoms with Crippen molar-refractivity contribution in [3.63, 3.8) is 0 Å². The van der Waals surface area contributed by atoms with E-state index in [1.165, 1.54) is 0 Å². The van der Waals surface area contributed by atoms with Crippen molar-refractivity contribution in [2.24, 2.45) is 0 Å². The van der Waals surface area contributed by atoms with Crippen LogP contribution in [0.4, 0.5) is 11.5 Å². The quantitative estimate of drug-likeness (QED) is 0.864. The molecule has 0 aliphatic heterocycles. The number of pyridine rings is 1. The molecule has 100 valence electrons. The molecule has 0 spiro atoms. The van der Waals surface area contributed by atoms with Crippen molar-refractivity contribution in [1.29, 1.82) is 0 Å². The molecule has 0 bridgehead atoms. The van der Waals surface area contributed by atoms with E-state index in [1.54, 1.807) is 26.5 Å². The second kappa shape index (κ2) is 6.06. The number of anilines is 2. The molecule has 1 aromatic carbocycles. The molecule has 2 aromatic rings. The number of rotatable bonds is 5. The van der Waals surface area contributed by atoms with Crippen LogP contribution >= 0.6 is 0 Å². The highest BCUT2D eigenvalue weighted by Crippen LogP contribution is 2.31. The lowest BCUT2D eigenvalue weighted by Gasteiger charge is -2.13. The number of methoxy groups -OCH3 is 2. The normalized spacial score (nSPS) is 10.1. The molecule has 0 aliphatic carbocycles. The van der Waals surface area contributed by atoms with Crippen LogP contribution in [0.1, 0.15) is 5.56 Å². The van der Waals surface area contributed by atoms with E-state index in [9.17, 15) is 5.11 Å². The van der Waals surface area contributed by atoms with Crippen LogP contribution in [0.2, 0.25) is 0 Å². The highest BCUT2D eigenvalue weighted by Gasteiger charge is 2.08. The zero-order valence-corrected chi connectivity index (χ0v) is 10.9. The SMILES string of the molecule is COc1ccc(OC)c(Nc2ncccc2CO)c1. The predicted molar refractivity (Wildman–Crippen MR) is 73.0 cm³/mol. The second-order valence-corrected chi connectivity index (χ2v) is 3.86. The monoisotopic (exact) mass is 260 g/mol. The Kier molecular flexibility index (Phi) is 4.20. The summed E-state index contributed by atoms with van der Waals surface area (Å²) in [5, 5.41) is 12.4. The molecule has 0 amide bonds. The van der Waals surface area contributed by atoms with Gasteiger partial charge >= 0.3 is 0 Å². The van der Waals surface area contributed by atoms with E-state index in [0.29, 0.717) is 22.9 Å². The molecule has 2 N–H and O–H groups in total. The van der Waals surface area contributed by atoms with Gasteiger partial charge < -0.3 is 19.9 Å². The Labute approximate surface area is 111 Å². The Balaban J connectivity index is 2.36. The van der Waals surface area contributed by atoms with Gasteiger partial charge in [0.05, 0.1) is 26.5 Å². The van der Waals surface area contributed by atoms with Crippen molar-refractivity contribution in [2.45, 2.75) is 6.61 Å². The Hall–Kier alpha value is -2.27. The molecule has 2 rings (SSSR count). The Morgan fingerprint density at radius 1 is 1.21 bits per heavy atom. The minimum Gasteiger partial charge on any atom is -0.497 e. The first-order chi connectivity index (χ1) is 9.28. The third-order valence-corrected chi connectivity index (χ3v) is 2.72. The molecule has 5 nitrogen and oxygen atoms in total. The molecule has 0 radical (unpaired) electrons. The molecule has 0 saturated carbocycles. The van der Waals surface area contributed by atoms with Gasteiger partial charge in [0, 0.05) is 17.8 Å². The number of benzene rings is 1. The lowest BCUT2D eigenvalue weighted by Crippen LogP contribution is -2.01. The molecule has 0 unspecified atom stereocenters. The number of ether oxygens (including phenoxy) is 2. The van der Waals surface area contributed by atoms with Crippen molar-refractivity contribution in [3.8, 4) is 11.5 Å². The van der Waals surface area contributed by atoms with Gasteiger partial charge in [-0.15, -0.1) is 0 Å². The highest BCUT2D eigenvalue weighted by molar-refractivity contribution is 5.67. The smallest absolute Gasteiger partial charge is 0.142 e. The maximum atomic E-state index is 9.29. The van der Waals surface area contributed by atoms with Gasteiger partial charge in [0.15, 0.2) is 0 Å². The molecule has 0 aliphatic rings. The highest BCUT2D eigenvalue weighted by atomic mass is 16.5. The molecular formula is C14H16N2O3. The fraction of sp³-hybridized carbons (Fsp3) is 0.214. The van der Waals surface area contributed by atoms with E-state index >= 15 is 0 Å². The van der Waals surface area contributed by atoms with E-state index in [1.807, 2.05) is 24.3 Å². The molecule has 0 saturated heterocycles. The molecular weight excluding hydrogens is 244 g/mol. The first-order valence-corrected chi connectivity index (χ1v) is 5.82. The number of hydrogen-bond donors (Lipinski definition) is 2. The van der Waals surface area contributed by atoms with Crippen LogP contribution < -0.4 is 14.8 Å². The Morgan fingerprint density at radius 2 is 2.05 bits per heavy atom. The fourth-order valence-electron chi connectivity index (χ4n) is 1.72. The maximum Gasteiger partial charge on any atom is 0.142 e. The van der Waals surface area contributed by atoms with Gasteiger partial charge in [0.25, 0.3) is 0 Å².